The van der Waals surface area contributed by atoms with Gasteiger partial charge < -0.3 is 4.57 Å². The van der Waals surface area contributed by atoms with Gasteiger partial charge in [0.15, 0.2) is 0 Å². The molecule has 1 aliphatic carbocycles. The van der Waals surface area contributed by atoms with E-state index in [1.54, 1.807) is 6.33 Å². The lowest BCUT2D eigenvalue weighted by Crippen LogP contribution is -2.19. The molecule has 5 heteroatoms. The summed E-state index contributed by atoms with van der Waals surface area (Å²) < 4.78 is 4.24. The van der Waals surface area contributed by atoms with E-state index in [0.29, 0.717) is 6.04 Å². The zero-order valence-corrected chi connectivity index (χ0v) is 12.8. The van der Waals surface area contributed by atoms with Gasteiger partial charge in [-0.1, -0.05) is 24.3 Å². The zero-order valence-electron chi connectivity index (χ0n) is 12.8. The average Bonchev–Trinajstić information content (AvgIpc) is 3.24. The Bertz CT molecular complexity index is 776. The van der Waals surface area contributed by atoms with E-state index in [-0.39, 0.29) is 6.04 Å². The molecule has 0 bridgehead atoms. The maximum Gasteiger partial charge on any atom is 0.149 e. The number of rotatable bonds is 3. The highest BCUT2D eigenvalue weighted by Gasteiger charge is 2.27. The van der Waals surface area contributed by atoms with Crippen molar-refractivity contribution < 1.29 is 0 Å². The third-order valence-electron chi connectivity index (χ3n) is 4.63. The first-order chi connectivity index (χ1) is 10.7. The van der Waals surface area contributed by atoms with Crippen molar-refractivity contribution in [2.24, 2.45) is 0 Å². The Balaban J connectivity index is 1.66. The highest BCUT2D eigenvalue weighted by atomic mass is 15.4. The third kappa shape index (κ3) is 2.04. The molecule has 22 heavy (non-hydrogen) atoms. The van der Waals surface area contributed by atoms with Crippen molar-refractivity contribution in [3.05, 3.63) is 65.8 Å². The number of aromatic nitrogens is 5. The van der Waals surface area contributed by atoms with Gasteiger partial charge in [-0.25, -0.2) is 14.6 Å². The number of nitrogens with zero attached hydrogens (tertiary/aromatic N) is 5. The van der Waals surface area contributed by atoms with Crippen LogP contribution in [0.3, 0.4) is 0 Å². The van der Waals surface area contributed by atoms with E-state index in [9.17, 15) is 0 Å². The van der Waals surface area contributed by atoms with Crippen molar-refractivity contribution in [1.29, 1.82) is 0 Å². The van der Waals surface area contributed by atoms with E-state index >= 15 is 0 Å². The van der Waals surface area contributed by atoms with Crippen LogP contribution in [0, 0.1) is 6.92 Å². The molecule has 0 amide bonds. The second kappa shape index (κ2) is 5.09. The van der Waals surface area contributed by atoms with E-state index < -0.39 is 0 Å². The van der Waals surface area contributed by atoms with Gasteiger partial charge >= 0.3 is 0 Å². The largest absolute Gasteiger partial charge is 0.325 e. The van der Waals surface area contributed by atoms with Crippen molar-refractivity contribution in [3.63, 3.8) is 0 Å². The fourth-order valence-corrected chi connectivity index (χ4v) is 3.47. The van der Waals surface area contributed by atoms with Crippen LogP contribution < -0.4 is 0 Å². The summed E-state index contributed by atoms with van der Waals surface area (Å²) in [7, 11) is 0. The molecule has 112 valence electrons. The van der Waals surface area contributed by atoms with Crippen molar-refractivity contribution >= 4 is 0 Å². The Kier molecular flexibility index (Phi) is 3.06. The normalized spacial score (nSPS) is 15.9. The van der Waals surface area contributed by atoms with Gasteiger partial charge in [0.05, 0.1) is 12.1 Å². The maximum atomic E-state index is 4.52. The predicted molar refractivity (Wildman–Crippen MR) is 83.7 cm³/mol. The molecule has 0 N–H and O–H groups in total. The second-order valence-electron chi connectivity index (χ2n) is 5.95. The first-order valence-electron chi connectivity index (χ1n) is 7.69. The smallest absolute Gasteiger partial charge is 0.149 e. The molecule has 3 aromatic rings. The van der Waals surface area contributed by atoms with Gasteiger partial charge in [-0.3, -0.25) is 0 Å². The molecule has 1 aliphatic rings. The Morgan fingerprint density at radius 1 is 1.14 bits per heavy atom. The van der Waals surface area contributed by atoms with Gasteiger partial charge in [-0.15, -0.1) is 0 Å². The minimum Gasteiger partial charge on any atom is -0.325 e. The molecule has 0 aliphatic heterocycles. The fraction of sp³-hybridized carbons (Fsp3) is 0.353. The lowest BCUT2D eigenvalue weighted by atomic mass is 10.1. The zero-order chi connectivity index (χ0) is 15.1. The Hall–Kier alpha value is -2.43. The first kappa shape index (κ1) is 13.2. The van der Waals surface area contributed by atoms with Gasteiger partial charge in [-0.05, 0) is 37.8 Å². The van der Waals surface area contributed by atoms with Crippen LogP contribution in [0.15, 0.2) is 43.0 Å². The average molecular weight is 293 g/mol. The van der Waals surface area contributed by atoms with Crippen molar-refractivity contribution in [2.75, 3.05) is 0 Å². The molecule has 0 saturated heterocycles. The predicted octanol–water partition coefficient (Wildman–Crippen LogP) is 2.73. The molecule has 1 atom stereocenters. The summed E-state index contributed by atoms with van der Waals surface area (Å²) in [6.07, 6.45) is 7.56. The molecule has 1 aromatic carbocycles. The summed E-state index contributed by atoms with van der Waals surface area (Å²) in [5.74, 6) is 2.00. The molecule has 0 radical (unpaired) electrons. The Labute approximate surface area is 129 Å². The van der Waals surface area contributed by atoms with E-state index in [1.165, 1.54) is 11.1 Å². The van der Waals surface area contributed by atoms with Gasteiger partial charge in [0.2, 0.25) is 0 Å². The van der Waals surface area contributed by atoms with Crippen LogP contribution in [0.4, 0.5) is 0 Å². The number of fused-ring (bicyclic) bond motifs is 1. The summed E-state index contributed by atoms with van der Waals surface area (Å²) in [6.45, 7) is 4.17. The summed E-state index contributed by atoms with van der Waals surface area (Å²) in [4.78, 5) is 8.84. The lowest BCUT2D eigenvalue weighted by molar-refractivity contribution is 0.426. The minimum atomic E-state index is 0.133. The topological polar surface area (TPSA) is 48.5 Å². The first-order valence-corrected chi connectivity index (χ1v) is 7.69. The van der Waals surface area contributed by atoms with Crippen LogP contribution >= 0.6 is 0 Å². The van der Waals surface area contributed by atoms with Crippen LogP contribution in [0.25, 0.3) is 0 Å². The summed E-state index contributed by atoms with van der Waals surface area (Å²) >= 11 is 0. The van der Waals surface area contributed by atoms with Crippen LogP contribution in [0.1, 0.15) is 41.8 Å². The minimum absolute atomic E-state index is 0.133. The number of hydrogen-bond donors (Lipinski definition) is 0. The van der Waals surface area contributed by atoms with E-state index in [2.05, 4.69) is 55.5 Å². The number of hydrogen-bond acceptors (Lipinski definition) is 3. The molecule has 1 unspecified atom stereocenters. The van der Waals surface area contributed by atoms with Crippen LogP contribution in [-0.2, 0) is 12.8 Å². The van der Waals surface area contributed by atoms with Crippen molar-refractivity contribution in [3.8, 4) is 0 Å². The molecule has 0 fully saturated rings. The molecular formula is C17H19N5. The third-order valence-corrected chi connectivity index (χ3v) is 4.63. The molecule has 5 nitrogen and oxygen atoms in total. The van der Waals surface area contributed by atoms with Gasteiger partial charge in [0.25, 0.3) is 0 Å². The summed E-state index contributed by atoms with van der Waals surface area (Å²) in [5.41, 5.74) is 2.86. The second-order valence-corrected chi connectivity index (χ2v) is 5.95. The standard InChI is InChI=1S/C17H19N5/c1-12(21-8-7-18-13(21)2)17-19-11-20-22(17)16-9-14-5-3-4-6-15(14)10-16/h3-8,11-12,16H,9-10H2,1-2H3. The quantitative estimate of drug-likeness (QED) is 0.746. The van der Waals surface area contributed by atoms with E-state index in [0.717, 1.165) is 24.5 Å². The molecule has 2 heterocycles. The van der Waals surface area contributed by atoms with Crippen LogP contribution in [0.5, 0.6) is 0 Å². The van der Waals surface area contributed by atoms with Crippen molar-refractivity contribution in [1.82, 2.24) is 24.3 Å². The van der Waals surface area contributed by atoms with Crippen LogP contribution in [-0.4, -0.2) is 24.3 Å². The Morgan fingerprint density at radius 2 is 1.86 bits per heavy atom. The SMILES string of the molecule is Cc1nccn1C(C)c1ncnn1C1Cc2ccccc2C1. The van der Waals surface area contributed by atoms with Crippen LogP contribution in [0.2, 0.25) is 0 Å². The van der Waals surface area contributed by atoms with Gasteiger partial charge in [0.1, 0.15) is 18.0 Å². The lowest BCUT2D eigenvalue weighted by Gasteiger charge is -2.19. The molecule has 0 spiro atoms. The number of benzene rings is 1. The maximum absolute atomic E-state index is 4.52. The molecular weight excluding hydrogens is 274 g/mol. The van der Waals surface area contributed by atoms with E-state index in [4.69, 9.17) is 0 Å². The highest BCUT2D eigenvalue weighted by molar-refractivity contribution is 5.33. The molecule has 0 saturated carbocycles. The summed E-state index contributed by atoms with van der Waals surface area (Å²) in [6, 6.07) is 9.15. The molecule has 4 rings (SSSR count). The van der Waals surface area contributed by atoms with Gasteiger partial charge in [-0.2, -0.15) is 5.10 Å². The number of aryl methyl sites for hydroxylation is 1. The molecule has 2 aromatic heterocycles. The fourth-order valence-electron chi connectivity index (χ4n) is 3.47. The van der Waals surface area contributed by atoms with Gasteiger partial charge in [0, 0.05) is 12.4 Å². The van der Waals surface area contributed by atoms with Crippen molar-refractivity contribution in [2.45, 2.75) is 38.8 Å². The Morgan fingerprint density at radius 3 is 2.50 bits per heavy atom. The monoisotopic (exact) mass is 293 g/mol. The number of imidazole rings is 1. The van der Waals surface area contributed by atoms with E-state index in [1.807, 2.05) is 19.3 Å². The highest BCUT2D eigenvalue weighted by Crippen LogP contribution is 2.31. The summed E-state index contributed by atoms with van der Waals surface area (Å²) in [5, 5.41) is 4.51.